The number of methoxy groups -OCH3 is 1. The van der Waals surface area contributed by atoms with Gasteiger partial charge in [0.25, 0.3) is 0 Å². The van der Waals surface area contributed by atoms with Crippen molar-refractivity contribution in [3.63, 3.8) is 0 Å². The Bertz CT molecular complexity index is 555. The zero-order valence-electron chi connectivity index (χ0n) is 11.9. The Morgan fingerprint density at radius 2 is 2.10 bits per heavy atom. The molecule has 1 aromatic rings. The Morgan fingerprint density at radius 3 is 2.65 bits per heavy atom. The lowest BCUT2D eigenvalue weighted by molar-refractivity contribution is 0.171. The predicted molar refractivity (Wildman–Crippen MR) is 84.2 cm³/mol. The normalized spacial score (nSPS) is 13.4. The van der Waals surface area contributed by atoms with E-state index < -0.39 is 10.0 Å². The summed E-state index contributed by atoms with van der Waals surface area (Å²) in [6.45, 7) is 4.09. The van der Waals surface area contributed by atoms with E-state index in [1.807, 2.05) is 6.92 Å². The summed E-state index contributed by atoms with van der Waals surface area (Å²) in [5.74, 6) is 0. The van der Waals surface area contributed by atoms with Gasteiger partial charge in [-0.1, -0.05) is 13.3 Å². The standard InChI is InChI=1S/C13H21BrN2O3S/c1-4-5-10(8-19-3)16-20(17,18)13-7-12(15)11(14)6-9(13)2/h6-7,10,16H,4-5,8,15H2,1-3H3. The highest BCUT2D eigenvalue weighted by Gasteiger charge is 2.22. The first-order valence-corrected chi connectivity index (χ1v) is 8.66. The summed E-state index contributed by atoms with van der Waals surface area (Å²) < 4.78 is 33.3. The monoisotopic (exact) mass is 364 g/mol. The fourth-order valence-electron chi connectivity index (χ4n) is 1.97. The van der Waals surface area contributed by atoms with Crippen molar-refractivity contribution in [2.75, 3.05) is 19.5 Å². The summed E-state index contributed by atoms with van der Waals surface area (Å²) in [5, 5.41) is 0. The van der Waals surface area contributed by atoms with Crippen molar-refractivity contribution in [2.45, 2.75) is 37.6 Å². The number of benzene rings is 1. The zero-order valence-corrected chi connectivity index (χ0v) is 14.3. The lowest BCUT2D eigenvalue weighted by atomic mass is 10.2. The van der Waals surface area contributed by atoms with E-state index in [0.717, 1.165) is 12.8 Å². The van der Waals surface area contributed by atoms with E-state index in [1.165, 1.54) is 6.07 Å². The van der Waals surface area contributed by atoms with Gasteiger partial charge in [-0.05, 0) is 47.0 Å². The summed E-state index contributed by atoms with van der Waals surface area (Å²) in [4.78, 5) is 0.204. The van der Waals surface area contributed by atoms with Gasteiger partial charge in [0.05, 0.1) is 11.5 Å². The van der Waals surface area contributed by atoms with Crippen LogP contribution in [0.25, 0.3) is 0 Å². The third-order valence-corrected chi connectivity index (χ3v) is 5.26. The number of hydrogen-bond acceptors (Lipinski definition) is 4. The van der Waals surface area contributed by atoms with Crippen LogP contribution >= 0.6 is 15.9 Å². The van der Waals surface area contributed by atoms with Gasteiger partial charge in [0.2, 0.25) is 10.0 Å². The molecule has 0 saturated heterocycles. The van der Waals surface area contributed by atoms with Crippen LogP contribution in [0.2, 0.25) is 0 Å². The highest BCUT2D eigenvalue weighted by Crippen LogP contribution is 2.26. The Labute approximate surface area is 129 Å². The summed E-state index contributed by atoms with van der Waals surface area (Å²) in [6.07, 6.45) is 1.59. The molecular weight excluding hydrogens is 344 g/mol. The highest BCUT2D eigenvalue weighted by atomic mass is 79.9. The minimum atomic E-state index is -3.60. The first-order chi connectivity index (χ1) is 9.31. The minimum absolute atomic E-state index is 0.204. The smallest absolute Gasteiger partial charge is 0.241 e. The lowest BCUT2D eigenvalue weighted by Gasteiger charge is -2.18. The second-order valence-electron chi connectivity index (χ2n) is 4.70. The van der Waals surface area contributed by atoms with Crippen LogP contribution in [0.1, 0.15) is 25.3 Å². The molecule has 1 unspecified atom stereocenters. The molecule has 1 atom stereocenters. The maximum absolute atomic E-state index is 12.4. The maximum atomic E-state index is 12.4. The van der Waals surface area contributed by atoms with Crippen LogP contribution in [0.15, 0.2) is 21.5 Å². The number of nitrogens with one attached hydrogen (secondary N) is 1. The molecule has 0 aromatic heterocycles. The summed E-state index contributed by atoms with van der Waals surface area (Å²) in [6, 6.07) is 2.94. The molecule has 1 aromatic carbocycles. The number of sulfonamides is 1. The van der Waals surface area contributed by atoms with Gasteiger partial charge in [-0.15, -0.1) is 0 Å². The fourth-order valence-corrected chi connectivity index (χ4v) is 3.94. The molecule has 0 radical (unpaired) electrons. The van der Waals surface area contributed by atoms with Gasteiger partial charge in [0.1, 0.15) is 0 Å². The molecule has 0 fully saturated rings. The minimum Gasteiger partial charge on any atom is -0.398 e. The summed E-state index contributed by atoms with van der Waals surface area (Å²) >= 11 is 3.29. The molecule has 0 aliphatic heterocycles. The third-order valence-electron chi connectivity index (χ3n) is 2.91. The summed E-state index contributed by atoms with van der Waals surface area (Å²) in [7, 11) is -2.05. The van der Waals surface area contributed by atoms with E-state index in [1.54, 1.807) is 20.1 Å². The second kappa shape index (κ2) is 7.40. The molecule has 3 N–H and O–H groups in total. The lowest BCUT2D eigenvalue weighted by Crippen LogP contribution is -2.38. The van der Waals surface area contributed by atoms with Gasteiger partial charge in [0.15, 0.2) is 0 Å². The molecule has 0 bridgehead atoms. The molecule has 1 rings (SSSR count). The van der Waals surface area contributed by atoms with Gasteiger partial charge in [-0.25, -0.2) is 13.1 Å². The highest BCUT2D eigenvalue weighted by molar-refractivity contribution is 9.10. The first-order valence-electron chi connectivity index (χ1n) is 6.38. The molecule has 0 heterocycles. The van der Waals surface area contributed by atoms with E-state index >= 15 is 0 Å². The molecule has 114 valence electrons. The van der Waals surface area contributed by atoms with Crippen LogP contribution in [-0.4, -0.2) is 28.2 Å². The quantitative estimate of drug-likeness (QED) is 0.728. The van der Waals surface area contributed by atoms with Gasteiger partial charge in [-0.3, -0.25) is 0 Å². The molecule has 0 spiro atoms. The van der Waals surface area contributed by atoms with E-state index in [9.17, 15) is 8.42 Å². The van der Waals surface area contributed by atoms with Gasteiger partial charge < -0.3 is 10.5 Å². The third kappa shape index (κ3) is 4.44. The number of nitrogens with two attached hydrogens (primary N) is 1. The van der Waals surface area contributed by atoms with Crippen LogP contribution in [0.4, 0.5) is 5.69 Å². The largest absolute Gasteiger partial charge is 0.398 e. The Morgan fingerprint density at radius 1 is 1.45 bits per heavy atom. The predicted octanol–water partition coefficient (Wildman–Crippen LogP) is 2.43. The molecule has 0 amide bonds. The second-order valence-corrected chi connectivity index (χ2v) is 7.24. The van der Waals surface area contributed by atoms with Crippen molar-refractivity contribution in [3.8, 4) is 0 Å². The van der Waals surface area contributed by atoms with Crippen LogP contribution in [0, 0.1) is 6.92 Å². The van der Waals surface area contributed by atoms with Crippen molar-refractivity contribution in [3.05, 3.63) is 22.2 Å². The van der Waals surface area contributed by atoms with Crippen LogP contribution in [0.5, 0.6) is 0 Å². The molecule has 0 aliphatic carbocycles. The van der Waals surface area contributed by atoms with Gasteiger partial charge in [-0.2, -0.15) is 0 Å². The maximum Gasteiger partial charge on any atom is 0.241 e. The Kier molecular flexibility index (Phi) is 6.44. The SMILES string of the molecule is CCCC(COC)NS(=O)(=O)c1cc(N)c(Br)cc1C. The summed E-state index contributed by atoms with van der Waals surface area (Å²) in [5.41, 5.74) is 6.81. The Balaban J connectivity index is 3.07. The van der Waals surface area contributed by atoms with Crippen LogP contribution < -0.4 is 10.5 Å². The number of halogens is 1. The first kappa shape index (κ1) is 17.4. The molecule has 7 heteroatoms. The van der Waals surface area contributed by atoms with Crippen LogP contribution in [-0.2, 0) is 14.8 Å². The van der Waals surface area contributed by atoms with Crippen molar-refractivity contribution in [1.82, 2.24) is 4.72 Å². The van der Waals surface area contributed by atoms with Gasteiger partial charge in [0, 0.05) is 23.3 Å². The zero-order chi connectivity index (χ0) is 15.3. The van der Waals surface area contributed by atoms with Crippen molar-refractivity contribution in [1.29, 1.82) is 0 Å². The number of anilines is 1. The average molecular weight is 365 g/mol. The van der Waals surface area contributed by atoms with Crippen molar-refractivity contribution in [2.24, 2.45) is 0 Å². The van der Waals surface area contributed by atoms with Gasteiger partial charge >= 0.3 is 0 Å². The molecule has 5 nitrogen and oxygen atoms in total. The van der Waals surface area contributed by atoms with Crippen molar-refractivity contribution < 1.29 is 13.2 Å². The number of aryl methyl sites for hydroxylation is 1. The molecule has 20 heavy (non-hydrogen) atoms. The number of nitrogen functional groups attached to an aromatic ring is 1. The van der Waals surface area contributed by atoms with E-state index in [4.69, 9.17) is 10.5 Å². The van der Waals surface area contributed by atoms with Crippen molar-refractivity contribution >= 4 is 31.6 Å². The molecule has 0 aliphatic rings. The van der Waals surface area contributed by atoms with E-state index in [-0.39, 0.29) is 10.9 Å². The van der Waals surface area contributed by atoms with E-state index in [0.29, 0.717) is 22.3 Å². The average Bonchev–Trinajstić information content (AvgIpc) is 2.33. The van der Waals surface area contributed by atoms with E-state index in [2.05, 4.69) is 20.7 Å². The number of rotatable bonds is 7. The topological polar surface area (TPSA) is 81.4 Å². The number of hydrogen-bond donors (Lipinski definition) is 2. The fraction of sp³-hybridized carbons (Fsp3) is 0.538. The molecule has 0 saturated carbocycles. The van der Waals surface area contributed by atoms with Crippen LogP contribution in [0.3, 0.4) is 0 Å². The Hall–Kier alpha value is -0.630. The number of ether oxygens (including phenoxy) is 1. The molecular formula is C13H21BrN2O3S.